The summed E-state index contributed by atoms with van der Waals surface area (Å²) < 4.78 is 0. The molecule has 0 saturated carbocycles. The van der Waals surface area contributed by atoms with E-state index >= 15 is 0 Å². The number of aromatic nitrogens is 2. The van der Waals surface area contributed by atoms with Crippen LogP contribution >= 0.6 is 0 Å². The Balaban J connectivity index is 1.35. The first-order chi connectivity index (χ1) is 20.8. The third-order valence-electron chi connectivity index (χ3n) is 7.66. The van der Waals surface area contributed by atoms with E-state index in [1.807, 2.05) is 24.8 Å². The van der Waals surface area contributed by atoms with Crippen LogP contribution < -0.4 is 5.73 Å². The molecule has 42 heavy (non-hydrogen) atoms. The minimum atomic E-state index is 0.414. The zero-order valence-electron chi connectivity index (χ0n) is 23.0. The van der Waals surface area contributed by atoms with Crippen LogP contribution in [0, 0.1) is 0 Å². The van der Waals surface area contributed by atoms with Gasteiger partial charge in [-0.05, 0) is 121 Å². The highest BCUT2D eigenvalue weighted by Crippen LogP contribution is 2.37. The zero-order valence-corrected chi connectivity index (χ0v) is 23.0. The van der Waals surface area contributed by atoms with Gasteiger partial charge in [0.25, 0.3) is 0 Å². The highest BCUT2D eigenvalue weighted by atomic mass is 14.7. The molecule has 0 spiro atoms. The number of aliphatic imine (C=N–C) groups is 1. The van der Waals surface area contributed by atoms with Gasteiger partial charge in [0.1, 0.15) is 0 Å². The summed E-state index contributed by atoms with van der Waals surface area (Å²) in [5.41, 5.74) is 15.9. The molecule has 0 fully saturated rings. The second kappa shape index (κ2) is 11.2. The van der Waals surface area contributed by atoms with Gasteiger partial charge in [-0.3, -0.25) is 15.0 Å². The van der Waals surface area contributed by atoms with Gasteiger partial charge in [0.05, 0.1) is 5.69 Å². The van der Waals surface area contributed by atoms with Gasteiger partial charge in [0, 0.05) is 42.9 Å². The smallest absolute Gasteiger partial charge is 0.0711 e. The summed E-state index contributed by atoms with van der Waals surface area (Å²) in [4.78, 5) is 13.1. The molecule has 2 heterocycles. The van der Waals surface area contributed by atoms with Gasteiger partial charge in [0.15, 0.2) is 0 Å². The predicted molar refractivity (Wildman–Crippen MR) is 176 cm³/mol. The van der Waals surface area contributed by atoms with E-state index in [0.29, 0.717) is 6.54 Å². The SMILES string of the molecule is NCC=Nc1cc2ccc(-c3cccc(-c4cc(-c5ccncc5)cc(-c5ccncc5)c4)c3)cc2c2ccccc12. The number of rotatable bonds is 6. The molecule has 0 amide bonds. The summed E-state index contributed by atoms with van der Waals surface area (Å²) in [7, 11) is 0. The molecule has 7 aromatic rings. The van der Waals surface area contributed by atoms with Crippen LogP contribution in [0.15, 0.2) is 145 Å². The van der Waals surface area contributed by atoms with Crippen LogP contribution in [0.25, 0.3) is 66.1 Å². The highest BCUT2D eigenvalue weighted by molar-refractivity contribution is 6.13. The van der Waals surface area contributed by atoms with Gasteiger partial charge in [-0.1, -0.05) is 54.6 Å². The van der Waals surface area contributed by atoms with E-state index in [1.54, 1.807) is 6.21 Å². The highest BCUT2D eigenvalue weighted by Gasteiger charge is 2.11. The zero-order chi connectivity index (χ0) is 28.3. The molecule has 0 bridgehead atoms. The quantitative estimate of drug-likeness (QED) is 0.169. The largest absolute Gasteiger partial charge is 0.326 e. The van der Waals surface area contributed by atoms with E-state index in [-0.39, 0.29) is 0 Å². The first kappa shape index (κ1) is 25.5. The Morgan fingerprint density at radius 1 is 0.476 bits per heavy atom. The number of nitrogens with zero attached hydrogens (tertiary/aromatic N) is 3. The number of pyridine rings is 2. The molecular formula is C38H28N4. The van der Waals surface area contributed by atoms with E-state index in [2.05, 4.69) is 130 Å². The van der Waals surface area contributed by atoms with Crippen molar-refractivity contribution < 1.29 is 0 Å². The molecule has 2 N–H and O–H groups in total. The molecule has 4 nitrogen and oxygen atoms in total. The topological polar surface area (TPSA) is 64.2 Å². The molecule has 0 radical (unpaired) electrons. The standard InChI is InChI=1S/C38H28N4/c39-14-19-42-38-25-31-9-8-30(24-37(31)35-6-1-2-7-36(35)38)28-4-3-5-29(20-28)34-22-32(26-10-15-40-16-11-26)21-33(23-34)27-12-17-41-18-13-27/h1-13,15-25H,14,39H2. The minimum absolute atomic E-state index is 0.414. The maximum absolute atomic E-state index is 5.69. The van der Waals surface area contributed by atoms with Crippen molar-refractivity contribution in [2.45, 2.75) is 0 Å². The first-order valence-corrected chi connectivity index (χ1v) is 14.0. The van der Waals surface area contributed by atoms with Crippen molar-refractivity contribution in [1.29, 1.82) is 0 Å². The van der Waals surface area contributed by atoms with Gasteiger partial charge < -0.3 is 5.73 Å². The molecular weight excluding hydrogens is 512 g/mol. The van der Waals surface area contributed by atoms with Crippen LogP contribution in [0.3, 0.4) is 0 Å². The molecule has 0 atom stereocenters. The summed E-state index contributed by atoms with van der Waals surface area (Å²) in [6.07, 6.45) is 9.12. The molecule has 200 valence electrons. The van der Waals surface area contributed by atoms with Gasteiger partial charge in [0.2, 0.25) is 0 Å². The molecule has 0 unspecified atom stereocenters. The van der Waals surface area contributed by atoms with E-state index in [9.17, 15) is 0 Å². The van der Waals surface area contributed by atoms with Crippen LogP contribution in [0.2, 0.25) is 0 Å². The average Bonchev–Trinajstić information content (AvgIpc) is 3.07. The van der Waals surface area contributed by atoms with Crippen molar-refractivity contribution in [1.82, 2.24) is 9.97 Å². The Hall–Kier alpha value is -5.45. The van der Waals surface area contributed by atoms with Crippen molar-refractivity contribution in [3.63, 3.8) is 0 Å². The van der Waals surface area contributed by atoms with Crippen molar-refractivity contribution in [3.05, 3.63) is 140 Å². The summed E-state index contributed by atoms with van der Waals surface area (Å²) in [6.45, 7) is 0.414. The van der Waals surface area contributed by atoms with E-state index in [1.165, 1.54) is 21.9 Å². The van der Waals surface area contributed by atoms with Gasteiger partial charge in [-0.15, -0.1) is 0 Å². The van der Waals surface area contributed by atoms with Gasteiger partial charge in [-0.25, -0.2) is 0 Å². The summed E-state index contributed by atoms with van der Waals surface area (Å²) in [5, 5.41) is 4.67. The third-order valence-corrected chi connectivity index (χ3v) is 7.66. The Morgan fingerprint density at radius 2 is 1.02 bits per heavy atom. The Bertz CT molecular complexity index is 2010. The first-order valence-electron chi connectivity index (χ1n) is 14.0. The second-order valence-corrected chi connectivity index (χ2v) is 10.3. The summed E-state index contributed by atoms with van der Waals surface area (Å²) >= 11 is 0. The Labute approximate surface area is 244 Å². The van der Waals surface area contributed by atoms with Crippen LogP contribution in [-0.2, 0) is 0 Å². The Morgan fingerprint density at radius 3 is 1.67 bits per heavy atom. The summed E-state index contributed by atoms with van der Waals surface area (Å²) in [6, 6.07) is 41.0. The van der Waals surface area contributed by atoms with Gasteiger partial charge >= 0.3 is 0 Å². The van der Waals surface area contributed by atoms with E-state index in [4.69, 9.17) is 5.73 Å². The van der Waals surface area contributed by atoms with E-state index < -0.39 is 0 Å². The average molecular weight is 541 g/mol. The van der Waals surface area contributed by atoms with Crippen molar-refractivity contribution >= 4 is 33.4 Å². The lowest BCUT2D eigenvalue weighted by atomic mass is 9.92. The molecule has 0 aliphatic carbocycles. The number of fused-ring (bicyclic) bond motifs is 3. The van der Waals surface area contributed by atoms with Crippen molar-refractivity contribution in [2.24, 2.45) is 10.7 Å². The maximum Gasteiger partial charge on any atom is 0.0711 e. The third kappa shape index (κ3) is 4.96. The Kier molecular flexibility index (Phi) is 6.80. The normalized spacial score (nSPS) is 11.5. The lowest BCUT2D eigenvalue weighted by Crippen LogP contribution is -1.98. The lowest BCUT2D eigenvalue weighted by molar-refractivity contribution is 1.33. The van der Waals surface area contributed by atoms with Crippen molar-refractivity contribution in [3.8, 4) is 44.5 Å². The van der Waals surface area contributed by atoms with Crippen LogP contribution in [-0.4, -0.2) is 22.7 Å². The number of nitrogens with two attached hydrogens (primary N) is 1. The minimum Gasteiger partial charge on any atom is -0.326 e. The molecule has 5 aromatic carbocycles. The second-order valence-electron chi connectivity index (χ2n) is 10.3. The van der Waals surface area contributed by atoms with Crippen LogP contribution in [0.5, 0.6) is 0 Å². The van der Waals surface area contributed by atoms with Crippen LogP contribution in [0.4, 0.5) is 5.69 Å². The fourth-order valence-corrected chi connectivity index (χ4v) is 5.61. The van der Waals surface area contributed by atoms with Gasteiger partial charge in [-0.2, -0.15) is 0 Å². The lowest BCUT2D eigenvalue weighted by Gasteiger charge is -2.13. The molecule has 4 heteroatoms. The summed E-state index contributed by atoms with van der Waals surface area (Å²) in [5.74, 6) is 0. The number of benzene rings is 5. The monoisotopic (exact) mass is 540 g/mol. The molecule has 0 saturated heterocycles. The molecule has 0 aliphatic heterocycles. The number of hydrogen-bond acceptors (Lipinski definition) is 4. The molecule has 0 aliphatic rings. The number of hydrogen-bond donors (Lipinski definition) is 1. The predicted octanol–water partition coefficient (Wildman–Crippen LogP) is 9.11. The maximum atomic E-state index is 5.69. The fraction of sp³-hybridized carbons (Fsp3) is 0.0263. The van der Waals surface area contributed by atoms with E-state index in [0.717, 1.165) is 49.8 Å². The van der Waals surface area contributed by atoms with Crippen molar-refractivity contribution in [2.75, 3.05) is 6.54 Å². The fourth-order valence-electron chi connectivity index (χ4n) is 5.61. The molecule has 2 aromatic heterocycles. The molecule has 7 rings (SSSR count). The van der Waals surface area contributed by atoms with Crippen LogP contribution in [0.1, 0.15) is 0 Å².